The average molecular weight is 327 g/mol. The van der Waals surface area contributed by atoms with Crippen molar-refractivity contribution in [2.24, 2.45) is 4.99 Å². The summed E-state index contributed by atoms with van der Waals surface area (Å²) in [5.41, 5.74) is -0.388. The summed E-state index contributed by atoms with van der Waals surface area (Å²) in [4.78, 5) is 4.02. The van der Waals surface area contributed by atoms with Crippen LogP contribution in [-0.4, -0.2) is 39.3 Å². The van der Waals surface area contributed by atoms with Crippen LogP contribution in [0.25, 0.3) is 0 Å². The highest BCUT2D eigenvalue weighted by Crippen LogP contribution is 2.29. The molecular formula is C16H20F3N3O. The highest BCUT2D eigenvalue weighted by molar-refractivity contribution is 5.80. The van der Waals surface area contributed by atoms with Gasteiger partial charge in [0.1, 0.15) is 0 Å². The molecule has 1 aromatic carbocycles. The first-order valence-electron chi connectivity index (χ1n) is 6.99. The van der Waals surface area contributed by atoms with Crippen molar-refractivity contribution in [3.63, 3.8) is 0 Å². The number of nitrogens with one attached hydrogen (secondary N) is 2. The van der Waals surface area contributed by atoms with Crippen LogP contribution in [0.4, 0.5) is 13.2 Å². The maximum atomic E-state index is 12.6. The lowest BCUT2D eigenvalue weighted by Gasteiger charge is -2.15. The van der Waals surface area contributed by atoms with E-state index in [0.717, 1.165) is 12.1 Å². The van der Waals surface area contributed by atoms with Crippen LogP contribution in [0.15, 0.2) is 29.3 Å². The minimum absolute atomic E-state index is 0.0719. The maximum Gasteiger partial charge on any atom is 0.416 e. The number of hydrogen-bond donors (Lipinski definition) is 2. The first-order chi connectivity index (χ1) is 10.9. The van der Waals surface area contributed by atoms with E-state index in [4.69, 9.17) is 4.74 Å². The Hall–Kier alpha value is -2.20. The average Bonchev–Trinajstić information content (AvgIpc) is 2.50. The summed E-state index contributed by atoms with van der Waals surface area (Å²) in [6.45, 7) is 2.72. The Labute approximate surface area is 134 Å². The summed E-state index contributed by atoms with van der Waals surface area (Å²) < 4.78 is 42.8. The topological polar surface area (TPSA) is 45.7 Å². The smallest absolute Gasteiger partial charge is 0.383 e. The third-order valence-corrected chi connectivity index (χ3v) is 2.79. The normalized spacial score (nSPS) is 13.0. The molecule has 0 aliphatic carbocycles. The predicted molar refractivity (Wildman–Crippen MR) is 84.2 cm³/mol. The first kappa shape index (κ1) is 18.8. The van der Waals surface area contributed by atoms with Crippen LogP contribution < -0.4 is 10.6 Å². The zero-order valence-corrected chi connectivity index (χ0v) is 13.3. The van der Waals surface area contributed by atoms with Crippen LogP contribution in [0.2, 0.25) is 0 Å². The molecule has 1 unspecified atom stereocenters. The zero-order chi connectivity index (χ0) is 17.3. The van der Waals surface area contributed by atoms with Gasteiger partial charge in [-0.1, -0.05) is 17.9 Å². The molecule has 0 aliphatic heterocycles. The fourth-order valence-corrected chi connectivity index (χ4v) is 1.77. The van der Waals surface area contributed by atoms with Crippen LogP contribution in [0.5, 0.6) is 0 Å². The van der Waals surface area contributed by atoms with Crippen molar-refractivity contribution >= 4 is 5.96 Å². The van der Waals surface area contributed by atoms with E-state index in [2.05, 4.69) is 27.5 Å². The van der Waals surface area contributed by atoms with Gasteiger partial charge in [0.05, 0.1) is 18.7 Å². The molecule has 0 saturated carbocycles. The molecule has 7 heteroatoms. The zero-order valence-electron chi connectivity index (χ0n) is 13.3. The largest absolute Gasteiger partial charge is 0.416 e. The Morgan fingerprint density at radius 2 is 2.13 bits per heavy atom. The number of guanidine groups is 1. The molecular weight excluding hydrogens is 307 g/mol. The lowest BCUT2D eigenvalue weighted by molar-refractivity contribution is -0.137. The second-order valence-electron chi connectivity index (χ2n) is 4.81. The van der Waals surface area contributed by atoms with Gasteiger partial charge in [0.2, 0.25) is 0 Å². The molecule has 0 spiro atoms. The van der Waals surface area contributed by atoms with Crippen molar-refractivity contribution in [1.82, 2.24) is 10.6 Å². The van der Waals surface area contributed by atoms with E-state index in [0.29, 0.717) is 18.1 Å². The van der Waals surface area contributed by atoms with Gasteiger partial charge in [0, 0.05) is 25.8 Å². The third-order valence-electron chi connectivity index (χ3n) is 2.79. The van der Waals surface area contributed by atoms with Crippen molar-refractivity contribution in [2.45, 2.75) is 19.1 Å². The molecule has 1 rings (SSSR count). The van der Waals surface area contributed by atoms with E-state index in [1.165, 1.54) is 12.1 Å². The highest BCUT2D eigenvalue weighted by Gasteiger charge is 2.30. The molecule has 0 heterocycles. The minimum Gasteiger partial charge on any atom is -0.383 e. The van der Waals surface area contributed by atoms with Gasteiger partial charge in [0.15, 0.2) is 5.96 Å². The lowest BCUT2D eigenvalue weighted by Crippen LogP contribution is -2.44. The summed E-state index contributed by atoms with van der Waals surface area (Å²) in [6, 6.07) is 5.00. The number of rotatable bonds is 4. The van der Waals surface area contributed by atoms with Crippen molar-refractivity contribution in [3.8, 4) is 11.8 Å². The summed E-state index contributed by atoms with van der Waals surface area (Å²) in [5.74, 6) is 6.01. The van der Waals surface area contributed by atoms with Crippen LogP contribution in [0.3, 0.4) is 0 Å². The van der Waals surface area contributed by atoms with Crippen molar-refractivity contribution in [2.75, 3.05) is 27.3 Å². The molecule has 0 amide bonds. The molecule has 0 bridgehead atoms. The standard InChI is InChI=1S/C16H20F3N3O/c1-12(11-23-3)22-15(20-2)21-9-5-7-13-6-4-8-14(10-13)16(17,18)19/h4,6,8,10,12H,9,11H2,1-3H3,(H2,20,21,22). The van der Waals surface area contributed by atoms with Gasteiger partial charge in [-0.05, 0) is 25.1 Å². The van der Waals surface area contributed by atoms with E-state index >= 15 is 0 Å². The van der Waals surface area contributed by atoms with Crippen molar-refractivity contribution in [1.29, 1.82) is 0 Å². The minimum atomic E-state index is -4.36. The van der Waals surface area contributed by atoms with E-state index in [-0.39, 0.29) is 12.6 Å². The lowest BCUT2D eigenvalue weighted by atomic mass is 10.1. The van der Waals surface area contributed by atoms with Gasteiger partial charge < -0.3 is 15.4 Å². The second kappa shape index (κ2) is 9.06. The number of ether oxygens (including phenoxy) is 1. The summed E-state index contributed by atoms with van der Waals surface area (Å²) in [5, 5.41) is 6.05. The molecule has 0 aromatic heterocycles. The van der Waals surface area contributed by atoms with Gasteiger partial charge >= 0.3 is 6.18 Å². The maximum absolute atomic E-state index is 12.6. The fourth-order valence-electron chi connectivity index (χ4n) is 1.77. The Morgan fingerprint density at radius 3 is 2.74 bits per heavy atom. The van der Waals surface area contributed by atoms with E-state index in [9.17, 15) is 13.2 Å². The molecule has 23 heavy (non-hydrogen) atoms. The monoisotopic (exact) mass is 327 g/mol. The fraction of sp³-hybridized carbons (Fsp3) is 0.438. The molecule has 0 radical (unpaired) electrons. The third kappa shape index (κ3) is 7.06. The Balaban J connectivity index is 2.58. The van der Waals surface area contributed by atoms with Crippen molar-refractivity contribution in [3.05, 3.63) is 35.4 Å². The van der Waals surface area contributed by atoms with Gasteiger partial charge in [-0.3, -0.25) is 4.99 Å². The summed E-state index contributed by atoms with van der Waals surface area (Å²) in [6.07, 6.45) is -4.36. The van der Waals surface area contributed by atoms with Crippen LogP contribution >= 0.6 is 0 Å². The number of aliphatic imine (C=N–C) groups is 1. The van der Waals surface area contributed by atoms with Crippen LogP contribution in [-0.2, 0) is 10.9 Å². The second-order valence-corrected chi connectivity index (χ2v) is 4.81. The summed E-state index contributed by atoms with van der Waals surface area (Å²) in [7, 11) is 3.23. The molecule has 4 nitrogen and oxygen atoms in total. The van der Waals surface area contributed by atoms with Gasteiger partial charge in [-0.25, -0.2) is 0 Å². The van der Waals surface area contributed by atoms with Gasteiger partial charge in [-0.2, -0.15) is 13.2 Å². The number of methoxy groups -OCH3 is 1. The molecule has 0 fully saturated rings. The van der Waals surface area contributed by atoms with E-state index in [1.54, 1.807) is 14.2 Å². The Morgan fingerprint density at radius 1 is 1.39 bits per heavy atom. The number of alkyl halides is 3. The molecule has 0 saturated heterocycles. The highest BCUT2D eigenvalue weighted by atomic mass is 19.4. The molecule has 2 N–H and O–H groups in total. The SMILES string of the molecule is CN=C(NCC#Cc1cccc(C(F)(F)F)c1)NC(C)COC. The van der Waals surface area contributed by atoms with Gasteiger partial charge in [0.25, 0.3) is 0 Å². The first-order valence-corrected chi connectivity index (χ1v) is 6.99. The Bertz CT molecular complexity index is 588. The quantitative estimate of drug-likeness (QED) is 0.507. The number of halogens is 3. The van der Waals surface area contributed by atoms with E-state index in [1.807, 2.05) is 6.92 Å². The van der Waals surface area contributed by atoms with Crippen LogP contribution in [0.1, 0.15) is 18.1 Å². The summed E-state index contributed by atoms with van der Waals surface area (Å²) >= 11 is 0. The molecule has 1 atom stereocenters. The number of benzene rings is 1. The number of hydrogen-bond acceptors (Lipinski definition) is 2. The van der Waals surface area contributed by atoms with Gasteiger partial charge in [-0.15, -0.1) is 0 Å². The predicted octanol–water partition coefficient (Wildman–Crippen LogP) is 2.26. The number of nitrogens with zero attached hydrogens (tertiary/aromatic N) is 1. The molecule has 1 aromatic rings. The Kier molecular flexibility index (Phi) is 7.42. The van der Waals surface area contributed by atoms with Crippen molar-refractivity contribution < 1.29 is 17.9 Å². The molecule has 0 aliphatic rings. The molecule has 126 valence electrons. The van der Waals surface area contributed by atoms with E-state index < -0.39 is 11.7 Å². The van der Waals surface area contributed by atoms with Crippen LogP contribution in [0, 0.1) is 11.8 Å².